The molecule has 1 N–H and O–H groups in total. The lowest BCUT2D eigenvalue weighted by atomic mass is 9.93. The number of carboxylic acid groups (broad SMARTS) is 1. The van der Waals surface area contributed by atoms with E-state index in [0.717, 1.165) is 80.3 Å². The number of pyridine rings is 1. The van der Waals surface area contributed by atoms with Gasteiger partial charge in [-0.2, -0.15) is 0 Å². The summed E-state index contributed by atoms with van der Waals surface area (Å²) in [7, 11) is 0. The number of imidazole rings is 1. The number of carboxylic acids is 1. The number of hydrogen-bond donors (Lipinski definition) is 1. The Morgan fingerprint density at radius 2 is 1.86 bits per heavy atom. The average Bonchev–Trinajstić information content (AvgIpc) is 3.30. The van der Waals surface area contributed by atoms with Gasteiger partial charge in [0.15, 0.2) is 0 Å². The summed E-state index contributed by atoms with van der Waals surface area (Å²) in [5.41, 5.74) is 5.16. The Morgan fingerprint density at radius 1 is 1.02 bits per heavy atom. The molecule has 0 spiro atoms. The number of rotatable bonds is 10. The van der Waals surface area contributed by atoms with Crippen LogP contribution in [-0.2, 0) is 29.2 Å². The predicted octanol–water partition coefficient (Wildman–Crippen LogP) is 5.64. The molecule has 2 aromatic heterocycles. The number of likely N-dealkylation sites (tertiary alicyclic amines) is 1. The first kappa shape index (κ1) is 28.3. The number of halogens is 1. The standard InChI is InChI=1S/C33H35ClN4O5/c34-27-14-22(25-18-41-19-25)4-5-24(27)20-43-32-3-1-2-28(36-32)21-8-11-37(12-9-21)17-31-35-29-7-6-23(33(39)40)15-30(29)38(31)16-26-10-13-42-26/h1-7,14-15,21,25-26H,8-13,16-20H2,(H,39,40)/t26-/m0/s1. The number of ether oxygens (including phenoxy) is 3. The van der Waals surface area contributed by atoms with E-state index in [4.69, 9.17) is 35.8 Å². The molecule has 4 aromatic rings. The molecule has 9 nitrogen and oxygen atoms in total. The van der Waals surface area contributed by atoms with Crippen molar-refractivity contribution < 1.29 is 24.1 Å². The molecule has 0 unspecified atom stereocenters. The molecule has 0 radical (unpaired) electrons. The molecule has 3 aliphatic heterocycles. The molecule has 5 heterocycles. The number of carbonyl (C=O) groups is 1. The molecule has 0 saturated carbocycles. The zero-order chi connectivity index (χ0) is 29.3. The molecule has 0 amide bonds. The van der Waals surface area contributed by atoms with Crippen molar-refractivity contribution in [2.24, 2.45) is 0 Å². The summed E-state index contributed by atoms with van der Waals surface area (Å²) in [6, 6.07) is 17.3. The first-order chi connectivity index (χ1) is 21.0. The Labute approximate surface area is 255 Å². The average molecular weight is 603 g/mol. The summed E-state index contributed by atoms with van der Waals surface area (Å²) in [5.74, 6) is 1.42. The van der Waals surface area contributed by atoms with Crippen molar-refractivity contribution >= 4 is 28.6 Å². The van der Waals surface area contributed by atoms with Gasteiger partial charge in [0.25, 0.3) is 0 Å². The van der Waals surface area contributed by atoms with Crippen LogP contribution in [0.4, 0.5) is 0 Å². The highest BCUT2D eigenvalue weighted by Gasteiger charge is 2.26. The van der Waals surface area contributed by atoms with Crippen LogP contribution < -0.4 is 4.74 Å². The van der Waals surface area contributed by atoms with Gasteiger partial charge in [-0.3, -0.25) is 4.90 Å². The third-order valence-electron chi connectivity index (χ3n) is 8.93. The lowest BCUT2D eigenvalue weighted by Gasteiger charge is -2.32. The number of aromatic nitrogens is 3. The lowest BCUT2D eigenvalue weighted by Crippen LogP contribution is -2.35. The maximum Gasteiger partial charge on any atom is 0.335 e. The maximum atomic E-state index is 11.6. The SMILES string of the molecule is O=C(O)c1ccc2nc(CN3CCC(c4cccc(OCc5ccc(C6COC6)cc5Cl)n4)CC3)n(C[C@@H]3CCO3)c2c1. The molecule has 43 heavy (non-hydrogen) atoms. The first-order valence-corrected chi connectivity index (χ1v) is 15.4. The Kier molecular flexibility index (Phi) is 8.05. The Bertz CT molecular complexity index is 1630. The Hall–Kier alpha value is -3.50. The second-order valence-corrected chi connectivity index (χ2v) is 12.2. The van der Waals surface area contributed by atoms with Crippen molar-refractivity contribution in [3.05, 3.63) is 87.8 Å². The second-order valence-electron chi connectivity index (χ2n) is 11.8. The van der Waals surface area contributed by atoms with Crippen LogP contribution in [0.1, 0.15) is 64.1 Å². The minimum absolute atomic E-state index is 0.147. The molecule has 3 saturated heterocycles. The van der Waals surface area contributed by atoms with Crippen molar-refractivity contribution in [1.29, 1.82) is 0 Å². The van der Waals surface area contributed by atoms with Gasteiger partial charge in [0.2, 0.25) is 5.88 Å². The summed E-state index contributed by atoms with van der Waals surface area (Å²) >= 11 is 6.55. The van der Waals surface area contributed by atoms with E-state index in [1.807, 2.05) is 24.3 Å². The quantitative estimate of drug-likeness (QED) is 0.249. The van der Waals surface area contributed by atoms with E-state index in [9.17, 15) is 9.90 Å². The van der Waals surface area contributed by atoms with Crippen LogP contribution in [0, 0.1) is 0 Å². The molecule has 3 aliphatic rings. The minimum atomic E-state index is -0.932. The van der Waals surface area contributed by atoms with E-state index < -0.39 is 5.97 Å². The fourth-order valence-corrected chi connectivity index (χ4v) is 6.35. The van der Waals surface area contributed by atoms with Crippen molar-refractivity contribution in [3.63, 3.8) is 0 Å². The van der Waals surface area contributed by atoms with Gasteiger partial charge in [-0.15, -0.1) is 0 Å². The van der Waals surface area contributed by atoms with E-state index in [1.165, 1.54) is 5.56 Å². The second kappa shape index (κ2) is 12.2. The summed E-state index contributed by atoms with van der Waals surface area (Å²) in [4.78, 5) is 23.8. The van der Waals surface area contributed by atoms with E-state index in [0.29, 0.717) is 42.4 Å². The molecular weight excluding hydrogens is 568 g/mol. The molecule has 3 fully saturated rings. The van der Waals surface area contributed by atoms with Crippen LogP contribution in [0.15, 0.2) is 54.6 Å². The van der Waals surface area contributed by atoms with Gasteiger partial charge in [0, 0.05) is 40.8 Å². The zero-order valence-corrected chi connectivity index (χ0v) is 24.7. The predicted molar refractivity (Wildman–Crippen MR) is 162 cm³/mol. The minimum Gasteiger partial charge on any atom is -0.478 e. The van der Waals surface area contributed by atoms with Crippen molar-refractivity contribution in [3.8, 4) is 5.88 Å². The van der Waals surface area contributed by atoms with Gasteiger partial charge < -0.3 is 23.9 Å². The van der Waals surface area contributed by atoms with Crippen LogP contribution in [0.3, 0.4) is 0 Å². The smallest absolute Gasteiger partial charge is 0.335 e. The molecule has 0 aliphatic carbocycles. The van der Waals surface area contributed by atoms with Gasteiger partial charge in [0.05, 0.1) is 49.0 Å². The third-order valence-corrected chi connectivity index (χ3v) is 9.28. The van der Waals surface area contributed by atoms with E-state index in [2.05, 4.69) is 21.6 Å². The van der Waals surface area contributed by atoms with Gasteiger partial charge in [0.1, 0.15) is 12.4 Å². The molecule has 2 aromatic carbocycles. The van der Waals surface area contributed by atoms with E-state index >= 15 is 0 Å². The van der Waals surface area contributed by atoms with Gasteiger partial charge in [-0.25, -0.2) is 14.8 Å². The molecule has 0 bridgehead atoms. The number of piperidine rings is 1. The third kappa shape index (κ3) is 6.13. The summed E-state index contributed by atoms with van der Waals surface area (Å²) in [6.07, 6.45) is 3.14. The van der Waals surface area contributed by atoms with Crippen molar-refractivity contribution in [2.75, 3.05) is 32.9 Å². The van der Waals surface area contributed by atoms with Gasteiger partial charge in [-0.05, 0) is 68.2 Å². The van der Waals surface area contributed by atoms with Crippen LogP contribution in [0.2, 0.25) is 5.02 Å². The number of fused-ring (bicyclic) bond motifs is 1. The number of hydrogen-bond acceptors (Lipinski definition) is 7. The largest absolute Gasteiger partial charge is 0.478 e. The fraction of sp³-hybridized carbons (Fsp3) is 0.424. The highest BCUT2D eigenvalue weighted by molar-refractivity contribution is 6.31. The van der Waals surface area contributed by atoms with Crippen LogP contribution in [0.5, 0.6) is 5.88 Å². The fourth-order valence-electron chi connectivity index (χ4n) is 6.10. The molecular formula is C33H35ClN4O5. The first-order valence-electron chi connectivity index (χ1n) is 15.0. The summed E-state index contributed by atoms with van der Waals surface area (Å²) in [5, 5.41) is 10.2. The van der Waals surface area contributed by atoms with E-state index in [-0.39, 0.29) is 11.7 Å². The highest BCUT2D eigenvalue weighted by atomic mass is 35.5. The van der Waals surface area contributed by atoms with Gasteiger partial charge in [-0.1, -0.05) is 29.8 Å². The Balaban J connectivity index is 0.982. The molecule has 7 rings (SSSR count). The number of benzene rings is 2. The summed E-state index contributed by atoms with van der Waals surface area (Å²) < 4.78 is 19.2. The van der Waals surface area contributed by atoms with Crippen LogP contribution in [-0.4, -0.2) is 69.5 Å². The van der Waals surface area contributed by atoms with Crippen LogP contribution in [0.25, 0.3) is 11.0 Å². The monoisotopic (exact) mass is 602 g/mol. The van der Waals surface area contributed by atoms with Crippen molar-refractivity contribution in [2.45, 2.75) is 56.9 Å². The van der Waals surface area contributed by atoms with E-state index in [1.54, 1.807) is 18.2 Å². The van der Waals surface area contributed by atoms with Crippen LogP contribution >= 0.6 is 11.6 Å². The van der Waals surface area contributed by atoms with Crippen molar-refractivity contribution in [1.82, 2.24) is 19.4 Å². The molecule has 1 atom stereocenters. The summed E-state index contributed by atoms with van der Waals surface area (Å²) in [6.45, 7) is 5.91. The Morgan fingerprint density at radius 3 is 2.56 bits per heavy atom. The number of aromatic carboxylic acids is 1. The zero-order valence-electron chi connectivity index (χ0n) is 24.0. The molecule has 10 heteroatoms. The lowest BCUT2D eigenvalue weighted by molar-refractivity contribution is -0.0592. The normalized spacial score (nSPS) is 19.7. The topological polar surface area (TPSA) is 98.9 Å². The molecule has 224 valence electrons. The number of nitrogens with zero attached hydrogens (tertiary/aromatic N) is 4. The highest BCUT2D eigenvalue weighted by Crippen LogP contribution is 2.31. The van der Waals surface area contributed by atoms with Gasteiger partial charge >= 0.3 is 5.97 Å². The maximum absolute atomic E-state index is 11.6.